The van der Waals surface area contributed by atoms with E-state index in [1.54, 1.807) is 30.3 Å². The van der Waals surface area contributed by atoms with E-state index >= 15 is 0 Å². The van der Waals surface area contributed by atoms with E-state index in [4.69, 9.17) is 5.14 Å². The van der Waals surface area contributed by atoms with Crippen molar-refractivity contribution in [3.8, 4) is 11.1 Å². The molecule has 1 aromatic heterocycles. The summed E-state index contributed by atoms with van der Waals surface area (Å²) in [6.07, 6.45) is 1.75. The van der Waals surface area contributed by atoms with Crippen LogP contribution in [0.2, 0.25) is 0 Å². The normalized spacial score (nSPS) is 12.9. The van der Waals surface area contributed by atoms with Gasteiger partial charge in [-0.3, -0.25) is 9.59 Å². The standard InChI is InChI=1S/C22H26N4O6S3/c1-3-9-24-20(27)16-6-4-5-14(12-16)15-7-8-17-18(13-15)33-22(26-17)19(34(2,29)30)21(28)25-10-11-35(23,31)32/h4-8,12-13,19H,3,9-11H2,1-2H3,(H,24,27)(H,25,28)(H2,23,31,32). The largest absolute Gasteiger partial charge is 0.354 e. The lowest BCUT2D eigenvalue weighted by Gasteiger charge is -2.12. The number of carbonyl (C=O) groups is 2. The van der Waals surface area contributed by atoms with Crippen molar-refractivity contribution in [1.82, 2.24) is 15.6 Å². The Morgan fingerprint density at radius 2 is 1.74 bits per heavy atom. The maximum absolute atomic E-state index is 12.6. The molecule has 0 aliphatic rings. The van der Waals surface area contributed by atoms with Crippen LogP contribution in [0.4, 0.5) is 0 Å². The summed E-state index contributed by atoms with van der Waals surface area (Å²) in [5, 5.41) is 8.55. The maximum Gasteiger partial charge on any atom is 0.251 e. The Hall–Kier alpha value is -2.87. The van der Waals surface area contributed by atoms with E-state index in [1.165, 1.54) is 0 Å². The Labute approximate surface area is 207 Å². The highest BCUT2D eigenvalue weighted by Gasteiger charge is 2.34. The van der Waals surface area contributed by atoms with Gasteiger partial charge >= 0.3 is 0 Å². The smallest absolute Gasteiger partial charge is 0.251 e. The number of nitrogens with one attached hydrogen (secondary N) is 2. The summed E-state index contributed by atoms with van der Waals surface area (Å²) >= 11 is 1.06. The molecule has 188 valence electrons. The minimum Gasteiger partial charge on any atom is -0.354 e. The minimum atomic E-state index is -3.91. The van der Waals surface area contributed by atoms with Gasteiger partial charge in [-0.2, -0.15) is 0 Å². The number of hydrogen-bond acceptors (Lipinski definition) is 8. The molecule has 1 heterocycles. The number of fused-ring (bicyclic) bond motifs is 1. The fourth-order valence-corrected chi connectivity index (χ4v) is 6.25. The lowest BCUT2D eigenvalue weighted by atomic mass is 10.0. The van der Waals surface area contributed by atoms with Crippen molar-refractivity contribution < 1.29 is 26.4 Å². The van der Waals surface area contributed by atoms with Crippen LogP contribution in [0.25, 0.3) is 21.3 Å². The molecule has 3 aromatic rings. The van der Waals surface area contributed by atoms with E-state index < -0.39 is 36.8 Å². The first-order valence-corrected chi connectivity index (χ1v) is 15.1. The van der Waals surface area contributed by atoms with Crippen LogP contribution in [0, 0.1) is 0 Å². The molecule has 2 aromatic carbocycles. The minimum absolute atomic E-state index is 0.0699. The third-order valence-electron chi connectivity index (χ3n) is 4.98. The Balaban J connectivity index is 1.91. The number of sulfonamides is 1. The summed E-state index contributed by atoms with van der Waals surface area (Å²) < 4.78 is 47.6. The Kier molecular flexibility index (Phi) is 8.26. The van der Waals surface area contributed by atoms with Gasteiger partial charge in [0, 0.05) is 24.9 Å². The van der Waals surface area contributed by atoms with E-state index in [-0.39, 0.29) is 17.5 Å². The lowest BCUT2D eigenvalue weighted by molar-refractivity contribution is -0.120. The van der Waals surface area contributed by atoms with Crippen molar-refractivity contribution in [3.05, 3.63) is 53.0 Å². The van der Waals surface area contributed by atoms with Gasteiger partial charge in [0.25, 0.3) is 5.91 Å². The van der Waals surface area contributed by atoms with Crippen LogP contribution in [0.5, 0.6) is 0 Å². The van der Waals surface area contributed by atoms with Crippen molar-refractivity contribution in [2.45, 2.75) is 18.6 Å². The number of primary sulfonamides is 1. The van der Waals surface area contributed by atoms with Crippen LogP contribution in [0.1, 0.15) is 34.0 Å². The molecule has 13 heteroatoms. The first-order valence-electron chi connectivity index (χ1n) is 10.6. The molecule has 1 atom stereocenters. The van der Waals surface area contributed by atoms with Gasteiger partial charge in [-0.15, -0.1) is 11.3 Å². The molecular weight excluding hydrogens is 512 g/mol. The number of hydrogen-bond donors (Lipinski definition) is 3. The Morgan fingerprint density at radius 3 is 2.40 bits per heavy atom. The zero-order chi connectivity index (χ0) is 25.8. The van der Waals surface area contributed by atoms with Gasteiger partial charge in [0.1, 0.15) is 5.01 Å². The zero-order valence-electron chi connectivity index (χ0n) is 19.1. The molecule has 0 aliphatic carbocycles. The van der Waals surface area contributed by atoms with Gasteiger partial charge in [-0.1, -0.05) is 25.1 Å². The molecule has 1 unspecified atom stereocenters. The fraction of sp³-hybridized carbons (Fsp3) is 0.318. The molecule has 0 fully saturated rings. The summed E-state index contributed by atoms with van der Waals surface area (Å²) in [5.41, 5.74) is 2.63. The SMILES string of the molecule is CCCNC(=O)c1cccc(-c2ccc3nc(C(C(=O)NCCS(N)(=O)=O)S(C)(=O)=O)sc3c2)c1. The summed E-state index contributed by atoms with van der Waals surface area (Å²) in [6.45, 7) is 2.23. The summed E-state index contributed by atoms with van der Waals surface area (Å²) in [4.78, 5) is 29.3. The molecule has 2 amide bonds. The molecule has 0 saturated heterocycles. The lowest BCUT2D eigenvalue weighted by Crippen LogP contribution is -2.37. The van der Waals surface area contributed by atoms with Gasteiger partial charge in [-0.05, 0) is 41.8 Å². The predicted molar refractivity (Wildman–Crippen MR) is 136 cm³/mol. The average molecular weight is 539 g/mol. The molecule has 4 N–H and O–H groups in total. The topological polar surface area (TPSA) is 165 Å². The van der Waals surface area contributed by atoms with Gasteiger partial charge in [0.15, 0.2) is 15.1 Å². The Morgan fingerprint density at radius 1 is 1.03 bits per heavy atom. The molecule has 0 spiro atoms. The van der Waals surface area contributed by atoms with E-state index in [9.17, 15) is 26.4 Å². The van der Waals surface area contributed by atoms with Crippen LogP contribution in [0.3, 0.4) is 0 Å². The molecular formula is C22H26N4O6S3. The third-order valence-corrected chi connectivity index (χ3v) is 8.27. The number of amides is 2. The number of nitrogens with zero attached hydrogens (tertiary/aromatic N) is 1. The van der Waals surface area contributed by atoms with E-state index in [0.717, 1.165) is 35.1 Å². The highest BCUT2D eigenvalue weighted by molar-refractivity contribution is 7.91. The van der Waals surface area contributed by atoms with Crippen LogP contribution in [-0.4, -0.2) is 58.7 Å². The molecule has 0 aliphatic heterocycles. The highest BCUT2D eigenvalue weighted by Crippen LogP contribution is 2.33. The zero-order valence-corrected chi connectivity index (χ0v) is 21.6. The number of nitrogens with two attached hydrogens (primary N) is 1. The molecule has 3 rings (SSSR count). The first-order chi connectivity index (χ1) is 16.4. The Bertz CT molecular complexity index is 1470. The monoisotopic (exact) mass is 538 g/mol. The van der Waals surface area contributed by atoms with Gasteiger partial charge in [0.05, 0.1) is 16.0 Å². The third kappa shape index (κ3) is 7.07. The number of benzene rings is 2. The fourth-order valence-electron chi connectivity index (χ4n) is 3.31. The van der Waals surface area contributed by atoms with E-state index in [2.05, 4.69) is 15.6 Å². The number of sulfone groups is 1. The quantitative estimate of drug-likeness (QED) is 0.352. The summed E-state index contributed by atoms with van der Waals surface area (Å²) in [5.74, 6) is -1.56. The first kappa shape index (κ1) is 26.7. The van der Waals surface area contributed by atoms with Crippen molar-refractivity contribution in [2.75, 3.05) is 25.1 Å². The van der Waals surface area contributed by atoms with Crippen LogP contribution in [0.15, 0.2) is 42.5 Å². The van der Waals surface area contributed by atoms with Crippen molar-refractivity contribution >= 4 is 53.2 Å². The number of rotatable bonds is 10. The average Bonchev–Trinajstić information content (AvgIpc) is 3.18. The van der Waals surface area contributed by atoms with Gasteiger partial charge in [-0.25, -0.2) is 27.0 Å². The van der Waals surface area contributed by atoms with Gasteiger partial charge < -0.3 is 10.6 Å². The molecule has 0 radical (unpaired) electrons. The van der Waals surface area contributed by atoms with Crippen LogP contribution >= 0.6 is 11.3 Å². The molecule has 10 nitrogen and oxygen atoms in total. The highest BCUT2D eigenvalue weighted by atomic mass is 32.2. The molecule has 0 bridgehead atoms. The second kappa shape index (κ2) is 10.8. The predicted octanol–water partition coefficient (Wildman–Crippen LogP) is 1.59. The second-order valence-electron chi connectivity index (χ2n) is 7.94. The summed E-state index contributed by atoms with van der Waals surface area (Å²) in [7, 11) is -7.72. The molecule has 0 saturated carbocycles. The van der Waals surface area contributed by atoms with Crippen molar-refractivity contribution in [3.63, 3.8) is 0 Å². The van der Waals surface area contributed by atoms with E-state index in [1.807, 2.05) is 19.1 Å². The van der Waals surface area contributed by atoms with Crippen LogP contribution in [-0.2, 0) is 24.7 Å². The molecule has 35 heavy (non-hydrogen) atoms. The second-order valence-corrected chi connectivity index (χ2v) is 12.9. The van der Waals surface area contributed by atoms with Gasteiger partial charge in [0.2, 0.25) is 15.9 Å². The van der Waals surface area contributed by atoms with Crippen molar-refractivity contribution in [1.29, 1.82) is 0 Å². The maximum atomic E-state index is 12.6. The number of aromatic nitrogens is 1. The van der Waals surface area contributed by atoms with E-state index in [0.29, 0.717) is 22.3 Å². The van der Waals surface area contributed by atoms with Crippen molar-refractivity contribution in [2.24, 2.45) is 5.14 Å². The summed E-state index contributed by atoms with van der Waals surface area (Å²) in [6, 6.07) is 12.5. The van der Waals surface area contributed by atoms with Crippen LogP contribution < -0.4 is 15.8 Å². The number of thiazole rings is 1. The number of carbonyl (C=O) groups excluding carboxylic acids is 2.